The van der Waals surface area contributed by atoms with Gasteiger partial charge < -0.3 is 10.0 Å². The quantitative estimate of drug-likeness (QED) is 0.766. The molecule has 0 aliphatic heterocycles. The van der Waals surface area contributed by atoms with Gasteiger partial charge in [-0.05, 0) is 80.9 Å². The molecule has 0 radical (unpaired) electrons. The summed E-state index contributed by atoms with van der Waals surface area (Å²) in [4.78, 5) is 18.8. The summed E-state index contributed by atoms with van der Waals surface area (Å²) in [5, 5.41) is 10.3. The van der Waals surface area contributed by atoms with Crippen molar-refractivity contribution in [3.8, 4) is 5.75 Å². The lowest BCUT2D eigenvalue weighted by atomic mass is 9.49. The Kier molecular flexibility index (Phi) is 4.70. The minimum atomic E-state index is -0.351. The Hall–Kier alpha value is -1.59. The number of phenols is 1. The van der Waals surface area contributed by atoms with Crippen LogP contribution in [0.2, 0.25) is 0 Å². The van der Waals surface area contributed by atoms with Gasteiger partial charge in [-0.15, -0.1) is 0 Å². The Morgan fingerprint density at radius 3 is 2.38 bits per heavy atom. The van der Waals surface area contributed by atoms with E-state index >= 15 is 0 Å². The second-order valence-corrected chi connectivity index (χ2v) is 9.07. The molecule has 0 saturated heterocycles. The van der Waals surface area contributed by atoms with Crippen molar-refractivity contribution in [2.24, 2.45) is 23.2 Å². The predicted molar refractivity (Wildman–Crippen MR) is 99.5 cm³/mol. The Morgan fingerprint density at radius 2 is 1.85 bits per heavy atom. The first-order valence-corrected chi connectivity index (χ1v) is 9.80. The Balaban J connectivity index is 1.41. The average molecular weight is 358 g/mol. The topological polar surface area (TPSA) is 61.8 Å². The lowest BCUT2D eigenvalue weighted by Gasteiger charge is -2.57. The molecule has 0 atom stereocenters. The number of aromatic hydroxyl groups is 1. The van der Waals surface area contributed by atoms with Gasteiger partial charge in [0.1, 0.15) is 5.75 Å². The number of benzene rings is 1. The minimum Gasteiger partial charge on any atom is -0.508 e. The molecule has 5 rings (SSSR count). The molecule has 4 aliphatic rings. The van der Waals surface area contributed by atoms with E-state index in [0.29, 0.717) is 17.5 Å². The molecule has 0 spiro atoms. The van der Waals surface area contributed by atoms with Crippen molar-refractivity contribution in [1.29, 1.82) is 0 Å². The molecule has 4 saturated carbocycles. The smallest absolute Gasteiger partial charge is 0.274 e. The van der Waals surface area contributed by atoms with Crippen molar-refractivity contribution in [3.05, 3.63) is 29.3 Å². The number of amides is 1. The highest BCUT2D eigenvalue weighted by Crippen LogP contribution is 2.60. The van der Waals surface area contributed by atoms with Crippen molar-refractivity contribution in [2.75, 3.05) is 20.7 Å². The van der Waals surface area contributed by atoms with Gasteiger partial charge in [-0.1, -0.05) is 6.07 Å². The highest BCUT2D eigenvalue weighted by atomic mass is 16.6. The molecule has 4 bridgehead atoms. The maximum atomic E-state index is 11.8. The largest absolute Gasteiger partial charge is 0.508 e. The molecule has 0 aromatic heterocycles. The SMILES string of the molecule is CONC(=O)c1ccc(CN(C)CC23CC4CC(CC(C4)C2)C3)c(O)c1. The van der Waals surface area contributed by atoms with Crippen molar-refractivity contribution >= 4 is 5.91 Å². The molecular weight excluding hydrogens is 328 g/mol. The third kappa shape index (κ3) is 3.47. The van der Waals surface area contributed by atoms with E-state index < -0.39 is 0 Å². The number of carbonyl (C=O) groups is 1. The fourth-order valence-electron chi connectivity index (χ4n) is 6.39. The molecular formula is C21H30N2O3. The van der Waals surface area contributed by atoms with Gasteiger partial charge in [-0.3, -0.25) is 9.63 Å². The molecule has 1 amide bonds. The van der Waals surface area contributed by atoms with Gasteiger partial charge in [0, 0.05) is 24.2 Å². The predicted octanol–water partition coefficient (Wildman–Crippen LogP) is 3.33. The number of nitrogens with zero attached hydrogens (tertiary/aromatic N) is 1. The van der Waals surface area contributed by atoms with E-state index in [1.54, 1.807) is 6.07 Å². The summed E-state index contributed by atoms with van der Waals surface area (Å²) in [7, 11) is 3.55. The number of carbonyl (C=O) groups excluding carboxylic acids is 1. The first kappa shape index (κ1) is 17.8. The molecule has 142 valence electrons. The van der Waals surface area contributed by atoms with Crippen LogP contribution in [0.25, 0.3) is 0 Å². The number of rotatable bonds is 6. The van der Waals surface area contributed by atoms with Gasteiger partial charge in [0.15, 0.2) is 0 Å². The molecule has 1 aromatic rings. The van der Waals surface area contributed by atoms with Crippen LogP contribution in [0.4, 0.5) is 0 Å². The molecule has 4 fully saturated rings. The van der Waals surface area contributed by atoms with E-state index in [9.17, 15) is 9.90 Å². The number of hydrogen-bond acceptors (Lipinski definition) is 4. The average Bonchev–Trinajstić information content (AvgIpc) is 2.55. The molecule has 5 heteroatoms. The van der Waals surface area contributed by atoms with Crippen molar-refractivity contribution < 1.29 is 14.7 Å². The van der Waals surface area contributed by atoms with Gasteiger partial charge >= 0.3 is 0 Å². The van der Waals surface area contributed by atoms with E-state index in [4.69, 9.17) is 0 Å². The van der Waals surface area contributed by atoms with Crippen LogP contribution >= 0.6 is 0 Å². The van der Waals surface area contributed by atoms with Crippen molar-refractivity contribution in [3.63, 3.8) is 0 Å². The highest BCUT2D eigenvalue weighted by molar-refractivity contribution is 5.93. The summed E-state index contributed by atoms with van der Waals surface area (Å²) < 4.78 is 0. The van der Waals surface area contributed by atoms with E-state index in [1.165, 1.54) is 51.7 Å². The van der Waals surface area contributed by atoms with Crippen LogP contribution < -0.4 is 5.48 Å². The molecule has 5 nitrogen and oxygen atoms in total. The third-order valence-electron chi connectivity index (χ3n) is 6.75. The molecule has 26 heavy (non-hydrogen) atoms. The molecule has 0 unspecified atom stereocenters. The van der Waals surface area contributed by atoms with Gasteiger partial charge in [0.2, 0.25) is 0 Å². The van der Waals surface area contributed by atoms with Crippen LogP contribution in [-0.4, -0.2) is 36.6 Å². The number of hydrogen-bond donors (Lipinski definition) is 2. The van der Waals surface area contributed by atoms with E-state index in [-0.39, 0.29) is 11.7 Å². The summed E-state index contributed by atoms with van der Waals surface area (Å²) in [5.74, 6) is 2.70. The van der Waals surface area contributed by atoms with E-state index in [1.807, 2.05) is 6.07 Å². The van der Waals surface area contributed by atoms with Gasteiger partial charge in [0.25, 0.3) is 5.91 Å². The van der Waals surface area contributed by atoms with E-state index in [2.05, 4.69) is 22.3 Å². The van der Waals surface area contributed by atoms with Crippen LogP contribution in [-0.2, 0) is 11.4 Å². The molecule has 0 heterocycles. The maximum Gasteiger partial charge on any atom is 0.274 e. The zero-order valence-corrected chi connectivity index (χ0v) is 15.8. The summed E-state index contributed by atoms with van der Waals surface area (Å²) >= 11 is 0. The standard InChI is InChI=1S/C21H30N2O3/c1-23(12-18-4-3-17(8-19(18)24)20(25)22-26-2)13-21-9-14-5-15(10-21)7-16(6-14)11-21/h3-4,8,14-16,24H,5-7,9-13H2,1-2H3,(H,22,25). The first-order chi connectivity index (χ1) is 12.5. The van der Waals surface area contributed by atoms with Crippen LogP contribution in [0.1, 0.15) is 54.4 Å². The van der Waals surface area contributed by atoms with Crippen LogP contribution in [0.5, 0.6) is 5.75 Å². The second kappa shape index (κ2) is 6.86. The lowest BCUT2D eigenvalue weighted by Crippen LogP contribution is -2.50. The first-order valence-electron chi connectivity index (χ1n) is 9.80. The van der Waals surface area contributed by atoms with Crippen LogP contribution in [0.3, 0.4) is 0 Å². The number of hydroxylamine groups is 1. The van der Waals surface area contributed by atoms with Gasteiger partial charge in [0.05, 0.1) is 7.11 Å². The van der Waals surface area contributed by atoms with Gasteiger partial charge in [-0.2, -0.15) is 0 Å². The fourth-order valence-corrected chi connectivity index (χ4v) is 6.39. The third-order valence-corrected chi connectivity index (χ3v) is 6.75. The second-order valence-electron chi connectivity index (χ2n) is 9.07. The molecule has 1 aromatic carbocycles. The summed E-state index contributed by atoms with van der Waals surface area (Å²) in [5.41, 5.74) is 4.04. The molecule has 4 aliphatic carbocycles. The van der Waals surface area contributed by atoms with Crippen LogP contribution in [0, 0.1) is 23.2 Å². The van der Waals surface area contributed by atoms with E-state index in [0.717, 1.165) is 29.9 Å². The monoisotopic (exact) mass is 358 g/mol. The Bertz CT molecular complexity index is 653. The zero-order chi connectivity index (χ0) is 18.3. The van der Waals surface area contributed by atoms with Crippen LogP contribution in [0.15, 0.2) is 18.2 Å². The fraction of sp³-hybridized carbons (Fsp3) is 0.667. The van der Waals surface area contributed by atoms with Gasteiger partial charge in [-0.25, -0.2) is 5.48 Å². The van der Waals surface area contributed by atoms with Crippen molar-refractivity contribution in [1.82, 2.24) is 10.4 Å². The molecule has 2 N–H and O–H groups in total. The summed E-state index contributed by atoms with van der Waals surface area (Å²) in [6.07, 6.45) is 8.58. The van der Waals surface area contributed by atoms with Crippen molar-refractivity contribution in [2.45, 2.75) is 45.1 Å². The summed E-state index contributed by atoms with van der Waals surface area (Å²) in [6, 6.07) is 5.10. The zero-order valence-electron chi connectivity index (χ0n) is 15.8. The summed E-state index contributed by atoms with van der Waals surface area (Å²) in [6.45, 7) is 1.82. The Labute approximate surface area is 155 Å². The number of phenolic OH excluding ortho intramolecular Hbond substituents is 1. The minimum absolute atomic E-state index is 0.172. The maximum absolute atomic E-state index is 11.8. The Morgan fingerprint density at radius 1 is 1.23 bits per heavy atom. The lowest BCUT2D eigenvalue weighted by molar-refractivity contribution is -0.0670. The number of nitrogens with one attached hydrogen (secondary N) is 1. The normalized spacial score (nSPS) is 32.2. The highest BCUT2D eigenvalue weighted by Gasteiger charge is 2.50.